The van der Waals surface area contributed by atoms with Crippen LogP contribution in [0.3, 0.4) is 0 Å². The van der Waals surface area contributed by atoms with Crippen LogP contribution in [0.4, 0.5) is 0 Å². The summed E-state index contributed by atoms with van der Waals surface area (Å²) in [6, 6.07) is 16.7. The van der Waals surface area contributed by atoms with E-state index in [2.05, 4.69) is 56.3 Å². The maximum atomic E-state index is 11.5. The fraction of sp³-hybridized carbons (Fsp3) is 0.222. The van der Waals surface area contributed by atoms with Gasteiger partial charge in [0.25, 0.3) is 0 Å². The van der Waals surface area contributed by atoms with Crippen molar-refractivity contribution in [2.24, 2.45) is 5.92 Å². The topological polar surface area (TPSA) is 20.2 Å². The fourth-order valence-corrected chi connectivity index (χ4v) is 4.66. The highest BCUT2D eigenvalue weighted by molar-refractivity contribution is 7.22. The van der Waals surface area contributed by atoms with Gasteiger partial charge in [0.05, 0.1) is 0 Å². The number of fused-ring (bicyclic) bond motifs is 5. The molecule has 4 rings (SSSR count). The third-order valence-electron chi connectivity index (χ3n) is 4.39. The minimum absolute atomic E-state index is 0.142. The summed E-state index contributed by atoms with van der Waals surface area (Å²) in [5.74, 6) is 0.142. The van der Waals surface area contributed by atoms with E-state index >= 15 is 0 Å². The second-order valence-electron chi connectivity index (χ2n) is 5.77. The zero-order valence-corrected chi connectivity index (χ0v) is 12.4. The predicted octanol–water partition coefficient (Wildman–Crippen LogP) is 4.77. The summed E-state index contributed by atoms with van der Waals surface area (Å²) < 4.78 is 1.26. The first-order chi connectivity index (χ1) is 9.64. The van der Waals surface area contributed by atoms with Crippen molar-refractivity contribution in [3.63, 3.8) is 0 Å². The normalized spacial score (nSPS) is 20.4. The zero-order valence-electron chi connectivity index (χ0n) is 11.6. The number of thiophene rings is 1. The van der Waals surface area contributed by atoms with Gasteiger partial charge in [0.1, 0.15) is 5.60 Å². The van der Waals surface area contributed by atoms with Gasteiger partial charge in [-0.1, -0.05) is 56.3 Å². The molecule has 100 valence electrons. The molecular weight excluding hydrogens is 264 g/mol. The van der Waals surface area contributed by atoms with Gasteiger partial charge >= 0.3 is 0 Å². The van der Waals surface area contributed by atoms with Crippen LogP contribution >= 0.6 is 11.3 Å². The Morgan fingerprint density at radius 1 is 1.00 bits per heavy atom. The maximum absolute atomic E-state index is 11.5. The molecule has 0 aliphatic heterocycles. The lowest BCUT2D eigenvalue weighted by Gasteiger charge is -2.30. The van der Waals surface area contributed by atoms with E-state index in [1.54, 1.807) is 11.3 Å². The molecule has 1 N–H and O–H groups in total. The Morgan fingerprint density at radius 3 is 2.50 bits per heavy atom. The van der Waals surface area contributed by atoms with Crippen LogP contribution in [0.1, 0.15) is 25.0 Å². The minimum Gasteiger partial charge on any atom is -0.380 e. The third-order valence-corrected chi connectivity index (χ3v) is 5.60. The average molecular weight is 280 g/mol. The van der Waals surface area contributed by atoms with Gasteiger partial charge in [0.15, 0.2) is 0 Å². The van der Waals surface area contributed by atoms with Crippen LogP contribution in [0.25, 0.3) is 20.5 Å². The quantitative estimate of drug-likeness (QED) is 0.680. The molecule has 1 aliphatic carbocycles. The maximum Gasteiger partial charge on any atom is 0.119 e. The van der Waals surface area contributed by atoms with Crippen molar-refractivity contribution in [1.82, 2.24) is 0 Å². The molecule has 1 atom stereocenters. The molecule has 0 saturated heterocycles. The van der Waals surface area contributed by atoms with Crippen LogP contribution < -0.4 is 0 Å². The van der Waals surface area contributed by atoms with Crippen LogP contribution in [0.2, 0.25) is 0 Å². The number of aliphatic hydroxyl groups is 1. The van der Waals surface area contributed by atoms with Gasteiger partial charge in [0, 0.05) is 15.1 Å². The van der Waals surface area contributed by atoms with Gasteiger partial charge in [-0.15, -0.1) is 11.3 Å². The molecule has 3 aromatic rings. The Balaban J connectivity index is 2.18. The molecule has 1 nitrogen and oxygen atoms in total. The van der Waals surface area contributed by atoms with E-state index in [0.717, 1.165) is 11.1 Å². The SMILES string of the molecule is CC(C)C1(O)c2ccccc2-c2sc3ccccc3c21. The minimum atomic E-state index is -0.870. The Morgan fingerprint density at radius 2 is 1.70 bits per heavy atom. The Labute approximate surface area is 122 Å². The predicted molar refractivity (Wildman–Crippen MR) is 85.1 cm³/mol. The first-order valence-corrected chi connectivity index (χ1v) is 7.80. The van der Waals surface area contributed by atoms with E-state index in [9.17, 15) is 5.11 Å². The first kappa shape index (κ1) is 12.1. The lowest BCUT2D eigenvalue weighted by atomic mass is 9.81. The summed E-state index contributed by atoms with van der Waals surface area (Å²) in [7, 11) is 0. The van der Waals surface area contributed by atoms with Gasteiger partial charge in [-0.2, -0.15) is 0 Å². The highest BCUT2D eigenvalue weighted by Gasteiger charge is 2.46. The molecule has 2 heteroatoms. The van der Waals surface area contributed by atoms with Gasteiger partial charge in [-0.05, 0) is 28.5 Å². The van der Waals surface area contributed by atoms with E-state index in [-0.39, 0.29) is 5.92 Å². The summed E-state index contributed by atoms with van der Waals surface area (Å²) >= 11 is 1.79. The Hall–Kier alpha value is -1.64. The largest absolute Gasteiger partial charge is 0.380 e. The van der Waals surface area contributed by atoms with Gasteiger partial charge in [-0.25, -0.2) is 0 Å². The molecule has 0 bridgehead atoms. The van der Waals surface area contributed by atoms with Crippen LogP contribution in [-0.2, 0) is 5.60 Å². The molecule has 1 aromatic heterocycles. The standard InChI is InChI=1S/C18H16OS/c1-11(2)18(19)14-9-5-3-7-12(14)17-16(18)13-8-4-6-10-15(13)20-17/h3-11,19H,1-2H3. The lowest BCUT2D eigenvalue weighted by Crippen LogP contribution is -2.30. The van der Waals surface area contributed by atoms with Crippen LogP contribution in [0.15, 0.2) is 48.5 Å². The summed E-state index contributed by atoms with van der Waals surface area (Å²) in [6.45, 7) is 4.19. The van der Waals surface area contributed by atoms with Crippen molar-refractivity contribution in [3.8, 4) is 10.4 Å². The first-order valence-electron chi connectivity index (χ1n) is 6.98. The van der Waals surface area contributed by atoms with Crippen LogP contribution in [-0.4, -0.2) is 5.11 Å². The summed E-state index contributed by atoms with van der Waals surface area (Å²) in [5, 5.41) is 12.7. The molecule has 0 saturated carbocycles. The molecule has 1 unspecified atom stereocenters. The summed E-state index contributed by atoms with van der Waals surface area (Å²) in [6.07, 6.45) is 0. The summed E-state index contributed by atoms with van der Waals surface area (Å²) in [4.78, 5) is 1.23. The highest BCUT2D eigenvalue weighted by Crippen LogP contribution is 2.56. The fourth-order valence-electron chi connectivity index (χ4n) is 3.36. The number of hydrogen-bond acceptors (Lipinski definition) is 2. The molecule has 0 fully saturated rings. The molecule has 0 amide bonds. The van der Waals surface area contributed by atoms with Crippen LogP contribution in [0, 0.1) is 5.92 Å². The van der Waals surface area contributed by atoms with E-state index < -0.39 is 5.60 Å². The van der Waals surface area contributed by atoms with Gasteiger partial charge in [0.2, 0.25) is 0 Å². The Kier molecular flexibility index (Phi) is 2.39. The average Bonchev–Trinajstić information content (AvgIpc) is 2.96. The molecule has 0 radical (unpaired) electrons. The van der Waals surface area contributed by atoms with Gasteiger partial charge in [-0.3, -0.25) is 0 Å². The van der Waals surface area contributed by atoms with Crippen molar-refractivity contribution < 1.29 is 5.11 Å². The van der Waals surface area contributed by atoms with Crippen molar-refractivity contribution in [2.45, 2.75) is 19.4 Å². The van der Waals surface area contributed by atoms with Crippen LogP contribution in [0.5, 0.6) is 0 Å². The second kappa shape index (κ2) is 3.94. The van der Waals surface area contributed by atoms with Crippen molar-refractivity contribution in [2.75, 3.05) is 0 Å². The molecule has 1 heterocycles. The van der Waals surface area contributed by atoms with Crippen molar-refractivity contribution in [3.05, 3.63) is 59.7 Å². The monoisotopic (exact) mass is 280 g/mol. The molecule has 20 heavy (non-hydrogen) atoms. The molecule has 2 aromatic carbocycles. The number of hydrogen-bond donors (Lipinski definition) is 1. The van der Waals surface area contributed by atoms with Gasteiger partial charge < -0.3 is 5.11 Å². The van der Waals surface area contributed by atoms with Crippen molar-refractivity contribution >= 4 is 21.4 Å². The van der Waals surface area contributed by atoms with E-state index in [1.807, 2.05) is 6.07 Å². The molecule has 0 spiro atoms. The van der Waals surface area contributed by atoms with E-state index in [0.29, 0.717) is 0 Å². The highest BCUT2D eigenvalue weighted by atomic mass is 32.1. The molecular formula is C18H16OS. The summed E-state index contributed by atoms with van der Waals surface area (Å²) in [5.41, 5.74) is 2.49. The third kappa shape index (κ3) is 1.31. The smallest absolute Gasteiger partial charge is 0.119 e. The van der Waals surface area contributed by atoms with E-state index in [1.165, 1.54) is 20.5 Å². The number of benzene rings is 2. The van der Waals surface area contributed by atoms with E-state index in [4.69, 9.17) is 0 Å². The van der Waals surface area contributed by atoms with Crippen molar-refractivity contribution in [1.29, 1.82) is 0 Å². The Bertz CT molecular complexity index is 815. The number of rotatable bonds is 1. The lowest BCUT2D eigenvalue weighted by molar-refractivity contribution is 0.0379. The zero-order chi connectivity index (χ0) is 13.9. The molecule has 1 aliphatic rings. The second-order valence-corrected chi connectivity index (χ2v) is 6.82.